The van der Waals surface area contributed by atoms with Crippen LogP contribution in [0.2, 0.25) is 0 Å². The summed E-state index contributed by atoms with van der Waals surface area (Å²) in [7, 11) is 0. The van der Waals surface area contributed by atoms with Crippen molar-refractivity contribution in [2.24, 2.45) is 0 Å². The Labute approximate surface area is 111 Å². The maximum Gasteiger partial charge on any atom is 0.167 e. The second kappa shape index (κ2) is 4.84. The molecule has 2 nitrogen and oxygen atoms in total. The number of carbonyl (C=O) groups is 1. The third-order valence-electron chi connectivity index (χ3n) is 3.40. The van der Waals surface area contributed by atoms with Crippen molar-refractivity contribution in [1.29, 1.82) is 0 Å². The molecule has 96 valence electrons. The Bertz CT molecular complexity index is 636. The van der Waals surface area contributed by atoms with Crippen molar-refractivity contribution in [3.8, 4) is 0 Å². The fourth-order valence-electron chi connectivity index (χ4n) is 2.40. The van der Waals surface area contributed by atoms with E-state index in [1.54, 1.807) is 12.1 Å². The van der Waals surface area contributed by atoms with E-state index in [0.29, 0.717) is 11.1 Å². The monoisotopic (exact) mass is 255 g/mol. The molecule has 0 aromatic heterocycles. The van der Waals surface area contributed by atoms with Gasteiger partial charge in [0.1, 0.15) is 5.82 Å². The van der Waals surface area contributed by atoms with E-state index < -0.39 is 0 Å². The molecule has 19 heavy (non-hydrogen) atoms. The van der Waals surface area contributed by atoms with Gasteiger partial charge in [0, 0.05) is 24.2 Å². The molecular weight excluding hydrogens is 241 g/mol. The van der Waals surface area contributed by atoms with Crippen molar-refractivity contribution in [2.45, 2.75) is 12.8 Å². The lowest BCUT2D eigenvalue weighted by atomic mass is 10.0. The van der Waals surface area contributed by atoms with E-state index >= 15 is 0 Å². The molecule has 0 bridgehead atoms. The fourth-order valence-corrected chi connectivity index (χ4v) is 2.40. The fraction of sp³-hybridized carbons (Fsp3) is 0.188. The highest BCUT2D eigenvalue weighted by Gasteiger charge is 2.13. The molecule has 0 fully saturated rings. The van der Waals surface area contributed by atoms with E-state index in [1.165, 1.54) is 17.7 Å². The van der Waals surface area contributed by atoms with Gasteiger partial charge >= 0.3 is 0 Å². The summed E-state index contributed by atoms with van der Waals surface area (Å²) in [5.41, 5.74) is 3.68. The molecule has 3 rings (SSSR count). The SMILES string of the molecule is O=C(Cc1cccc(F)c1)c1ccc2c(c1)NCC2. The lowest BCUT2D eigenvalue weighted by Crippen LogP contribution is -2.04. The van der Waals surface area contributed by atoms with Crippen molar-refractivity contribution in [1.82, 2.24) is 0 Å². The van der Waals surface area contributed by atoms with E-state index in [9.17, 15) is 9.18 Å². The van der Waals surface area contributed by atoms with Gasteiger partial charge in [-0.2, -0.15) is 0 Å². The van der Waals surface area contributed by atoms with Crippen LogP contribution in [0.4, 0.5) is 10.1 Å². The lowest BCUT2D eigenvalue weighted by molar-refractivity contribution is 0.0993. The number of fused-ring (bicyclic) bond motifs is 1. The summed E-state index contributed by atoms with van der Waals surface area (Å²) in [4.78, 5) is 12.2. The number of hydrogen-bond donors (Lipinski definition) is 1. The Balaban J connectivity index is 1.81. The van der Waals surface area contributed by atoms with Gasteiger partial charge in [0.25, 0.3) is 0 Å². The van der Waals surface area contributed by atoms with E-state index in [-0.39, 0.29) is 18.0 Å². The summed E-state index contributed by atoms with van der Waals surface area (Å²) >= 11 is 0. The van der Waals surface area contributed by atoms with Gasteiger partial charge in [0.15, 0.2) is 5.78 Å². The Kier molecular flexibility index (Phi) is 3.03. The predicted octanol–water partition coefficient (Wildman–Crippen LogP) is 3.22. The first-order chi connectivity index (χ1) is 9.22. The second-order valence-corrected chi connectivity index (χ2v) is 4.78. The van der Waals surface area contributed by atoms with E-state index in [0.717, 1.165) is 18.7 Å². The van der Waals surface area contributed by atoms with Crippen LogP contribution < -0.4 is 5.32 Å². The first kappa shape index (κ1) is 11.9. The number of rotatable bonds is 3. The van der Waals surface area contributed by atoms with Crippen LogP contribution in [0.5, 0.6) is 0 Å². The first-order valence-corrected chi connectivity index (χ1v) is 6.37. The van der Waals surface area contributed by atoms with E-state index in [2.05, 4.69) is 5.32 Å². The molecule has 3 heteroatoms. The van der Waals surface area contributed by atoms with Gasteiger partial charge < -0.3 is 5.32 Å². The molecule has 0 saturated heterocycles. The molecule has 0 saturated carbocycles. The maximum absolute atomic E-state index is 13.1. The Morgan fingerprint density at radius 2 is 2.11 bits per heavy atom. The van der Waals surface area contributed by atoms with Crippen LogP contribution in [-0.4, -0.2) is 12.3 Å². The summed E-state index contributed by atoms with van der Waals surface area (Å²) in [6, 6.07) is 11.9. The number of benzene rings is 2. The summed E-state index contributed by atoms with van der Waals surface area (Å²) in [6.45, 7) is 0.927. The Hall–Kier alpha value is -2.16. The minimum atomic E-state index is -0.305. The van der Waals surface area contributed by atoms with Gasteiger partial charge in [-0.05, 0) is 35.7 Å². The normalized spacial score (nSPS) is 12.9. The van der Waals surface area contributed by atoms with Crippen molar-refractivity contribution < 1.29 is 9.18 Å². The van der Waals surface area contributed by atoms with Gasteiger partial charge in [-0.25, -0.2) is 4.39 Å². The zero-order valence-electron chi connectivity index (χ0n) is 10.4. The smallest absolute Gasteiger partial charge is 0.167 e. The molecule has 0 spiro atoms. The molecule has 1 heterocycles. The van der Waals surface area contributed by atoms with Crippen LogP contribution in [-0.2, 0) is 12.8 Å². The Morgan fingerprint density at radius 3 is 2.95 bits per heavy atom. The topological polar surface area (TPSA) is 29.1 Å². The molecule has 2 aromatic carbocycles. The highest BCUT2D eigenvalue weighted by Crippen LogP contribution is 2.24. The summed E-state index contributed by atoms with van der Waals surface area (Å²) in [5, 5.41) is 3.26. The molecule has 0 atom stereocenters. The zero-order chi connectivity index (χ0) is 13.2. The minimum Gasteiger partial charge on any atom is -0.384 e. The van der Waals surface area contributed by atoms with E-state index in [4.69, 9.17) is 0 Å². The van der Waals surface area contributed by atoms with Crippen molar-refractivity contribution in [3.05, 3.63) is 65.0 Å². The molecule has 0 aliphatic carbocycles. The average Bonchev–Trinajstić information content (AvgIpc) is 2.85. The standard InChI is InChI=1S/C16H14FNO/c17-14-3-1-2-11(8-14)9-16(19)13-5-4-12-6-7-18-15(12)10-13/h1-5,8,10,18H,6-7,9H2. The third kappa shape index (κ3) is 2.50. The van der Waals surface area contributed by atoms with Crippen LogP contribution in [0, 0.1) is 5.82 Å². The molecule has 0 unspecified atom stereocenters. The predicted molar refractivity (Wildman–Crippen MR) is 73.1 cm³/mol. The maximum atomic E-state index is 13.1. The Morgan fingerprint density at radius 1 is 1.21 bits per heavy atom. The molecule has 1 aliphatic heterocycles. The second-order valence-electron chi connectivity index (χ2n) is 4.78. The number of halogens is 1. The lowest BCUT2D eigenvalue weighted by Gasteiger charge is -2.05. The number of ketones is 1. The largest absolute Gasteiger partial charge is 0.384 e. The van der Waals surface area contributed by atoms with Gasteiger partial charge in [-0.3, -0.25) is 4.79 Å². The summed E-state index contributed by atoms with van der Waals surface area (Å²) < 4.78 is 13.1. The van der Waals surface area contributed by atoms with Crippen LogP contribution >= 0.6 is 0 Å². The van der Waals surface area contributed by atoms with Gasteiger partial charge in [0.2, 0.25) is 0 Å². The third-order valence-corrected chi connectivity index (χ3v) is 3.40. The van der Waals surface area contributed by atoms with Crippen LogP contribution in [0.3, 0.4) is 0 Å². The number of nitrogens with one attached hydrogen (secondary N) is 1. The zero-order valence-corrected chi connectivity index (χ0v) is 10.4. The number of anilines is 1. The average molecular weight is 255 g/mol. The first-order valence-electron chi connectivity index (χ1n) is 6.37. The highest BCUT2D eigenvalue weighted by molar-refractivity contribution is 5.98. The highest BCUT2D eigenvalue weighted by atomic mass is 19.1. The molecule has 0 radical (unpaired) electrons. The minimum absolute atomic E-state index is 0.0158. The number of hydrogen-bond acceptors (Lipinski definition) is 2. The quantitative estimate of drug-likeness (QED) is 0.853. The molecule has 0 amide bonds. The van der Waals surface area contributed by atoms with Crippen LogP contribution in [0.15, 0.2) is 42.5 Å². The number of carbonyl (C=O) groups excluding carboxylic acids is 1. The summed E-state index contributed by atoms with van der Waals surface area (Å²) in [6.07, 6.45) is 1.24. The van der Waals surface area contributed by atoms with Crippen molar-refractivity contribution in [3.63, 3.8) is 0 Å². The van der Waals surface area contributed by atoms with Crippen LogP contribution in [0.25, 0.3) is 0 Å². The van der Waals surface area contributed by atoms with Crippen molar-refractivity contribution in [2.75, 3.05) is 11.9 Å². The van der Waals surface area contributed by atoms with E-state index in [1.807, 2.05) is 18.2 Å². The van der Waals surface area contributed by atoms with Gasteiger partial charge in [-0.15, -0.1) is 0 Å². The van der Waals surface area contributed by atoms with Gasteiger partial charge in [-0.1, -0.05) is 24.3 Å². The van der Waals surface area contributed by atoms with Crippen LogP contribution in [0.1, 0.15) is 21.5 Å². The molecular formula is C16H14FNO. The molecule has 1 aliphatic rings. The summed E-state index contributed by atoms with van der Waals surface area (Å²) in [5.74, 6) is -0.289. The molecule has 2 aromatic rings. The van der Waals surface area contributed by atoms with Crippen molar-refractivity contribution >= 4 is 11.5 Å². The van der Waals surface area contributed by atoms with Gasteiger partial charge in [0.05, 0.1) is 0 Å². The molecule has 1 N–H and O–H groups in total. The number of Topliss-reactive ketones (excluding diaryl/α,β-unsaturated/α-hetero) is 1.